The van der Waals surface area contributed by atoms with Crippen molar-refractivity contribution in [3.8, 4) is 5.75 Å². The minimum atomic E-state index is -5.34. The molecule has 0 fully saturated rings. The van der Waals surface area contributed by atoms with E-state index in [0.717, 1.165) is 7.11 Å². The molecule has 0 spiro atoms. The molecule has 0 saturated carbocycles. The molecular weight excluding hydrogens is 401 g/mol. The topological polar surface area (TPSA) is 76.7 Å². The van der Waals surface area contributed by atoms with Crippen molar-refractivity contribution in [2.24, 2.45) is 0 Å². The highest BCUT2D eigenvalue weighted by atomic mass is 35.5. The highest BCUT2D eigenvalue weighted by molar-refractivity contribution is 6.31. The monoisotopic (exact) mass is 416 g/mol. The van der Waals surface area contributed by atoms with Crippen LogP contribution in [0.3, 0.4) is 0 Å². The summed E-state index contributed by atoms with van der Waals surface area (Å²) in [7, 11) is 0.748. The van der Waals surface area contributed by atoms with E-state index in [9.17, 15) is 22.8 Å². The molecule has 0 unspecified atom stereocenters. The van der Waals surface area contributed by atoms with Crippen molar-refractivity contribution in [1.29, 1.82) is 0 Å². The van der Waals surface area contributed by atoms with Gasteiger partial charge in [-0.2, -0.15) is 13.2 Å². The first-order chi connectivity index (χ1) is 13.1. The van der Waals surface area contributed by atoms with Gasteiger partial charge < -0.3 is 14.8 Å². The molecule has 150 valence electrons. The predicted octanol–water partition coefficient (Wildman–Crippen LogP) is 4.28. The molecule has 1 atom stereocenters. The number of nitrogens with one attached hydrogen (secondary N) is 2. The molecule has 0 aliphatic heterocycles. The molecule has 0 bridgehead atoms. The third-order valence-electron chi connectivity index (χ3n) is 3.69. The molecule has 6 nitrogen and oxygen atoms in total. The number of carbonyl (C=O) groups excluding carboxylic acids is 2. The molecule has 28 heavy (non-hydrogen) atoms. The molecule has 2 amide bonds. The van der Waals surface area contributed by atoms with E-state index in [1.54, 1.807) is 24.4 Å². The summed E-state index contributed by atoms with van der Waals surface area (Å²) in [4.78, 5) is 24.4. The first kappa shape index (κ1) is 21.4. The molecule has 0 aliphatic rings. The second kappa shape index (κ2) is 8.39. The van der Waals surface area contributed by atoms with Crippen LogP contribution in [0, 0.1) is 6.92 Å². The number of carbonyl (C=O) groups is 2. The molecular formula is C18H16ClF3N2O4. The Morgan fingerprint density at radius 3 is 2.25 bits per heavy atom. The summed E-state index contributed by atoms with van der Waals surface area (Å²) in [6, 6.07) is 9.90. The van der Waals surface area contributed by atoms with E-state index in [1.807, 2.05) is 0 Å². The predicted molar refractivity (Wildman–Crippen MR) is 96.2 cm³/mol. The number of amides is 2. The van der Waals surface area contributed by atoms with Crippen LogP contribution in [0.5, 0.6) is 5.75 Å². The Morgan fingerprint density at radius 2 is 1.68 bits per heavy atom. The van der Waals surface area contributed by atoms with E-state index >= 15 is 0 Å². The second-order valence-electron chi connectivity index (χ2n) is 5.58. The summed E-state index contributed by atoms with van der Waals surface area (Å²) >= 11 is 5.93. The number of anilines is 1. The Morgan fingerprint density at radius 1 is 1.04 bits per heavy atom. The number of esters is 1. The van der Waals surface area contributed by atoms with Crippen LogP contribution in [-0.4, -0.2) is 31.0 Å². The molecule has 2 aromatic rings. The van der Waals surface area contributed by atoms with E-state index < -0.39 is 23.9 Å². The minimum absolute atomic E-state index is 0.158. The van der Waals surface area contributed by atoms with Gasteiger partial charge in [0.2, 0.25) is 0 Å². The lowest BCUT2D eigenvalue weighted by molar-refractivity contribution is -0.258. The molecule has 0 radical (unpaired) electrons. The smallest absolute Gasteiger partial charge is 0.460 e. The maximum atomic E-state index is 13.9. The molecule has 0 aliphatic carbocycles. The zero-order valence-corrected chi connectivity index (χ0v) is 15.5. The van der Waals surface area contributed by atoms with Gasteiger partial charge >= 0.3 is 23.9 Å². The Hall–Kier alpha value is -2.94. The lowest BCUT2D eigenvalue weighted by Gasteiger charge is -2.33. The van der Waals surface area contributed by atoms with E-state index in [-0.39, 0.29) is 11.4 Å². The number of hydrogen-bond donors (Lipinski definition) is 2. The third-order valence-corrected chi connectivity index (χ3v) is 4.10. The van der Waals surface area contributed by atoms with E-state index in [4.69, 9.17) is 16.3 Å². The Kier molecular flexibility index (Phi) is 6.40. The van der Waals surface area contributed by atoms with Crippen molar-refractivity contribution < 1.29 is 32.2 Å². The number of methoxy groups -OCH3 is 1. The fourth-order valence-corrected chi connectivity index (χ4v) is 2.40. The lowest BCUT2D eigenvalue weighted by Crippen LogP contribution is -2.68. The highest BCUT2D eigenvalue weighted by Gasteiger charge is 2.66. The zero-order valence-electron chi connectivity index (χ0n) is 14.8. The molecule has 2 N–H and O–H groups in total. The Labute approximate surface area is 163 Å². The quantitative estimate of drug-likeness (QED) is 0.563. The van der Waals surface area contributed by atoms with Gasteiger partial charge in [-0.25, -0.2) is 9.59 Å². The van der Waals surface area contributed by atoms with Crippen molar-refractivity contribution in [2.75, 3.05) is 12.4 Å². The number of hydrogen-bond acceptors (Lipinski definition) is 4. The van der Waals surface area contributed by atoms with Crippen molar-refractivity contribution in [3.63, 3.8) is 0 Å². The Balaban J connectivity index is 2.39. The van der Waals surface area contributed by atoms with Crippen LogP contribution in [0.15, 0.2) is 48.5 Å². The summed E-state index contributed by atoms with van der Waals surface area (Å²) in [6.07, 6.45) is -5.34. The lowest BCUT2D eigenvalue weighted by atomic mass is 10.2. The Bertz CT molecular complexity index is 862. The third kappa shape index (κ3) is 4.48. The standard InChI is InChI=1S/C18H16ClF3N2O4/c1-11-13(19)9-6-10-14(11)23-16(26)24-17(15(25)27-2,18(20,21)22)28-12-7-4-3-5-8-12/h3-10H,1-2H3,(H2,23,24,26)/t17-/m0/s1. The number of urea groups is 1. The van der Waals surface area contributed by atoms with Gasteiger partial charge in [0.1, 0.15) is 5.75 Å². The fraction of sp³-hybridized carbons (Fsp3) is 0.222. The largest absolute Gasteiger partial charge is 0.464 e. The fourth-order valence-electron chi connectivity index (χ4n) is 2.23. The van der Waals surface area contributed by atoms with Crippen LogP contribution in [0.1, 0.15) is 5.56 Å². The van der Waals surface area contributed by atoms with Crippen LogP contribution < -0.4 is 15.4 Å². The van der Waals surface area contributed by atoms with Crippen LogP contribution in [-0.2, 0) is 9.53 Å². The first-order valence-electron chi connectivity index (χ1n) is 7.84. The van der Waals surface area contributed by atoms with Gasteiger partial charge in [0.15, 0.2) is 0 Å². The van der Waals surface area contributed by atoms with Crippen LogP contribution in [0.2, 0.25) is 5.02 Å². The average Bonchev–Trinajstić information content (AvgIpc) is 2.64. The molecule has 10 heteroatoms. The van der Waals surface area contributed by atoms with E-state index in [0.29, 0.717) is 10.6 Å². The summed E-state index contributed by atoms with van der Waals surface area (Å²) in [6.45, 7) is 1.57. The van der Waals surface area contributed by atoms with Gasteiger partial charge in [0.25, 0.3) is 0 Å². The number of rotatable bonds is 5. The van der Waals surface area contributed by atoms with Crippen molar-refractivity contribution in [1.82, 2.24) is 5.32 Å². The summed E-state index contributed by atoms with van der Waals surface area (Å²) in [5.41, 5.74) is -3.18. The molecule has 2 aromatic carbocycles. The molecule has 0 saturated heterocycles. The SMILES string of the molecule is COC(=O)[C@](NC(=O)Nc1cccc(Cl)c1C)(Oc1ccccc1)C(F)(F)F. The van der Waals surface area contributed by atoms with Crippen LogP contribution in [0.4, 0.5) is 23.7 Å². The van der Waals surface area contributed by atoms with Gasteiger partial charge in [0, 0.05) is 10.7 Å². The normalized spacial score (nSPS) is 13.2. The summed E-state index contributed by atoms with van der Waals surface area (Å²) < 4.78 is 50.7. The number of halogens is 4. The average molecular weight is 417 g/mol. The molecule has 0 aromatic heterocycles. The molecule has 0 heterocycles. The molecule has 2 rings (SSSR count). The van der Waals surface area contributed by atoms with E-state index in [1.165, 1.54) is 36.4 Å². The maximum Gasteiger partial charge on any atom is 0.460 e. The number of ether oxygens (including phenoxy) is 2. The summed E-state index contributed by atoms with van der Waals surface area (Å²) in [5, 5.41) is 4.07. The highest BCUT2D eigenvalue weighted by Crippen LogP contribution is 2.34. The van der Waals surface area contributed by atoms with Crippen molar-refractivity contribution in [3.05, 3.63) is 59.1 Å². The number of alkyl halides is 3. The number of benzene rings is 2. The summed E-state index contributed by atoms with van der Waals surface area (Å²) in [5.74, 6) is -2.15. The van der Waals surface area contributed by atoms with Crippen molar-refractivity contribution >= 4 is 29.3 Å². The van der Waals surface area contributed by atoms with Crippen LogP contribution >= 0.6 is 11.6 Å². The van der Waals surface area contributed by atoms with Gasteiger partial charge in [0.05, 0.1) is 7.11 Å². The van der Waals surface area contributed by atoms with Gasteiger partial charge in [-0.05, 0) is 36.8 Å². The first-order valence-corrected chi connectivity index (χ1v) is 8.22. The number of para-hydroxylation sites is 1. The minimum Gasteiger partial charge on any atom is -0.464 e. The maximum absolute atomic E-state index is 13.9. The van der Waals surface area contributed by atoms with Gasteiger partial charge in [-0.15, -0.1) is 0 Å². The van der Waals surface area contributed by atoms with Gasteiger partial charge in [-0.3, -0.25) is 5.32 Å². The van der Waals surface area contributed by atoms with E-state index in [2.05, 4.69) is 10.1 Å². The zero-order chi connectivity index (χ0) is 20.9. The van der Waals surface area contributed by atoms with Crippen molar-refractivity contribution in [2.45, 2.75) is 18.8 Å². The van der Waals surface area contributed by atoms with Gasteiger partial charge in [-0.1, -0.05) is 35.9 Å². The van der Waals surface area contributed by atoms with Crippen LogP contribution in [0.25, 0.3) is 0 Å². The second-order valence-corrected chi connectivity index (χ2v) is 5.98.